The molecule has 12 heteroatoms. The van der Waals surface area contributed by atoms with Gasteiger partial charge >= 0.3 is 41.6 Å². The molecule has 40 heavy (non-hydrogen) atoms. The number of aliphatic hydroxyl groups is 1. The van der Waals surface area contributed by atoms with Crippen molar-refractivity contribution in [3.63, 3.8) is 0 Å². The number of carboxylic acid groups (broad SMARTS) is 1. The number of fused-ring (bicyclic) bond motifs is 4. The van der Waals surface area contributed by atoms with Gasteiger partial charge in [-0.2, -0.15) is 10.1 Å². The molecule has 2 aromatic rings. The molecule has 4 amide bonds. The number of carboxylic acids is 1. The van der Waals surface area contributed by atoms with Crippen LogP contribution in [0, 0.1) is 0 Å². The molecule has 0 radical (unpaired) electrons. The number of carbonyl (C=O) groups excluding carboxylic acids is 3. The number of hydrogen-bond donors (Lipinski definition) is 1. The van der Waals surface area contributed by atoms with Crippen molar-refractivity contribution >= 4 is 18.0 Å². The zero-order valence-corrected chi connectivity index (χ0v) is 24.6. The van der Waals surface area contributed by atoms with Gasteiger partial charge in [0.05, 0.1) is 36.7 Å². The summed E-state index contributed by atoms with van der Waals surface area (Å²) in [5, 5.41) is 23.1. The van der Waals surface area contributed by atoms with Crippen LogP contribution in [0.5, 0.6) is 0 Å². The van der Waals surface area contributed by atoms with Crippen molar-refractivity contribution in [2.45, 2.75) is 63.1 Å². The number of aliphatic carboxylic acids is 1. The summed E-state index contributed by atoms with van der Waals surface area (Å²) in [6, 6.07) is 18.0. The fourth-order valence-electron chi connectivity index (χ4n) is 5.55. The molecule has 2 aromatic carbocycles. The Bertz CT molecular complexity index is 1160. The van der Waals surface area contributed by atoms with Gasteiger partial charge < -0.3 is 24.8 Å². The topological polar surface area (TPSA) is 126 Å². The van der Waals surface area contributed by atoms with Gasteiger partial charge in [0.1, 0.15) is 13.2 Å². The zero-order valence-electron chi connectivity index (χ0n) is 22.6. The average Bonchev–Trinajstić information content (AvgIpc) is 3.35. The van der Waals surface area contributed by atoms with E-state index in [0.29, 0.717) is 39.1 Å². The van der Waals surface area contributed by atoms with Crippen LogP contribution in [0.15, 0.2) is 60.7 Å². The molecule has 0 aliphatic carbocycles. The second-order valence-electron chi connectivity index (χ2n) is 10.2. The molecule has 6 rings (SSSR count). The molecule has 4 heterocycles. The van der Waals surface area contributed by atoms with Crippen molar-refractivity contribution in [3.8, 4) is 0 Å². The Morgan fingerprint density at radius 3 is 1.75 bits per heavy atom. The molecule has 208 valence electrons. The summed E-state index contributed by atoms with van der Waals surface area (Å²) in [5.74, 6) is -1.19. The Kier molecular flexibility index (Phi) is 10.4. The molecular weight excluding hydrogens is 527 g/mol. The van der Waals surface area contributed by atoms with Gasteiger partial charge in [-0.3, -0.25) is 9.68 Å². The van der Waals surface area contributed by atoms with Crippen molar-refractivity contribution in [2.24, 2.45) is 0 Å². The van der Waals surface area contributed by atoms with E-state index < -0.39 is 12.0 Å². The zero-order chi connectivity index (χ0) is 27.4. The Morgan fingerprint density at radius 2 is 1.25 bits per heavy atom. The number of hydroxylamine groups is 4. The summed E-state index contributed by atoms with van der Waals surface area (Å²) in [6.07, 6.45) is 2.78. The number of rotatable bonds is 8. The third kappa shape index (κ3) is 6.62. The number of hydrogen-bond acceptors (Lipinski definition) is 7. The first-order valence-corrected chi connectivity index (χ1v) is 13.3. The first kappa shape index (κ1) is 30.3. The van der Waals surface area contributed by atoms with Crippen LogP contribution in [-0.2, 0) is 27.7 Å². The Balaban J connectivity index is 0.000000181. The van der Waals surface area contributed by atoms with E-state index in [1.165, 1.54) is 15.0 Å². The molecule has 1 N–H and O–H groups in total. The molecule has 0 unspecified atom stereocenters. The van der Waals surface area contributed by atoms with Crippen LogP contribution >= 0.6 is 0 Å². The number of benzene rings is 2. The summed E-state index contributed by atoms with van der Waals surface area (Å²) < 4.78 is 0. The van der Waals surface area contributed by atoms with Crippen molar-refractivity contribution in [3.05, 3.63) is 71.8 Å². The molecule has 4 saturated heterocycles. The molecule has 4 aliphatic heterocycles. The number of carbonyl (C=O) groups is 3. The largest absolute Gasteiger partial charge is 1.00 e. The summed E-state index contributed by atoms with van der Waals surface area (Å²) in [6.45, 7) is 1.80. The number of urea groups is 2. The molecule has 4 aliphatic rings. The minimum Gasteiger partial charge on any atom is -0.548 e. The third-order valence-corrected chi connectivity index (χ3v) is 7.68. The molecule has 4 atom stereocenters. The molecular formula is C28H33N4NaO7. The maximum Gasteiger partial charge on any atom is 1.00 e. The van der Waals surface area contributed by atoms with E-state index in [0.717, 1.165) is 24.0 Å². The molecule has 0 aromatic heterocycles. The van der Waals surface area contributed by atoms with Crippen molar-refractivity contribution < 1.29 is 63.8 Å². The monoisotopic (exact) mass is 560 g/mol. The minimum absolute atomic E-state index is 0. The second kappa shape index (κ2) is 13.8. The maximum atomic E-state index is 12.2. The summed E-state index contributed by atoms with van der Waals surface area (Å²) in [5.41, 5.74) is 2.01. The Labute approximate surface area is 255 Å². The van der Waals surface area contributed by atoms with E-state index in [1.807, 2.05) is 60.7 Å². The van der Waals surface area contributed by atoms with Crippen LogP contribution in [0.1, 0.15) is 36.8 Å². The first-order valence-electron chi connectivity index (χ1n) is 13.3. The van der Waals surface area contributed by atoms with Crippen LogP contribution in [0.2, 0.25) is 0 Å². The van der Waals surface area contributed by atoms with Gasteiger partial charge in [-0.1, -0.05) is 60.7 Å². The van der Waals surface area contributed by atoms with E-state index in [1.54, 1.807) is 4.90 Å². The van der Waals surface area contributed by atoms with E-state index in [9.17, 15) is 24.6 Å². The number of amides is 4. The molecule has 4 bridgehead atoms. The normalized spacial score (nSPS) is 24.9. The van der Waals surface area contributed by atoms with Crippen molar-refractivity contribution in [2.75, 3.05) is 19.7 Å². The SMILES string of the molecule is O=C([O-])[C@@H]1CC[C@@H]2CN1C(=O)N2OCc1ccccc1.O=C1N2C[C@@H](CC[C@H]2CO)N1OCc1ccccc1.[Na+]. The number of piperidine rings is 2. The van der Waals surface area contributed by atoms with Gasteiger partial charge in [0.25, 0.3) is 0 Å². The van der Waals surface area contributed by atoms with Gasteiger partial charge in [0.2, 0.25) is 0 Å². The Morgan fingerprint density at radius 1 is 0.775 bits per heavy atom. The van der Waals surface area contributed by atoms with Crippen molar-refractivity contribution in [1.82, 2.24) is 19.9 Å². The van der Waals surface area contributed by atoms with Crippen LogP contribution in [0.4, 0.5) is 9.59 Å². The number of aliphatic hydroxyl groups excluding tert-OH is 1. The fraction of sp³-hybridized carbons (Fsp3) is 0.464. The fourth-order valence-corrected chi connectivity index (χ4v) is 5.55. The van der Waals surface area contributed by atoms with E-state index in [4.69, 9.17) is 9.68 Å². The molecule has 0 saturated carbocycles. The average molecular weight is 561 g/mol. The van der Waals surface area contributed by atoms with Gasteiger partial charge in [-0.05, 0) is 36.8 Å². The van der Waals surface area contributed by atoms with Crippen LogP contribution in [0.25, 0.3) is 0 Å². The van der Waals surface area contributed by atoms with Crippen LogP contribution in [0.3, 0.4) is 0 Å². The van der Waals surface area contributed by atoms with Crippen molar-refractivity contribution in [1.29, 1.82) is 0 Å². The van der Waals surface area contributed by atoms with E-state index in [-0.39, 0.29) is 66.4 Å². The smallest absolute Gasteiger partial charge is 0.548 e. The predicted molar refractivity (Wildman–Crippen MR) is 136 cm³/mol. The van der Waals surface area contributed by atoms with E-state index >= 15 is 0 Å². The standard InChI is InChI=1S/C14H16N2O4.C14H18N2O3.Na/c17-13(18)12-7-6-11-8-15(12)14(19)16(11)20-9-10-4-2-1-3-5-10;17-9-13-7-6-12-8-15(13)14(18)16(12)19-10-11-4-2-1-3-5-11;/h1-5,11-12H,6-9H2,(H,17,18);1-5,12-13,17H,6-10H2;/q;;+1/p-1/t11-,12+;12-,13+;/m11./s1. The maximum absolute atomic E-state index is 12.2. The van der Waals surface area contributed by atoms with Gasteiger partial charge in [0, 0.05) is 13.1 Å². The third-order valence-electron chi connectivity index (χ3n) is 7.68. The van der Waals surface area contributed by atoms with E-state index in [2.05, 4.69) is 0 Å². The summed E-state index contributed by atoms with van der Waals surface area (Å²) in [4.78, 5) is 49.7. The van der Waals surface area contributed by atoms with Gasteiger partial charge in [0.15, 0.2) is 0 Å². The number of nitrogens with zero attached hydrogens (tertiary/aromatic N) is 4. The second-order valence-corrected chi connectivity index (χ2v) is 10.2. The van der Waals surface area contributed by atoms with Crippen LogP contribution in [-0.4, -0.2) is 86.9 Å². The molecule has 4 fully saturated rings. The van der Waals surface area contributed by atoms with Gasteiger partial charge in [-0.25, -0.2) is 9.59 Å². The van der Waals surface area contributed by atoms with Gasteiger partial charge in [-0.15, -0.1) is 0 Å². The summed E-state index contributed by atoms with van der Waals surface area (Å²) in [7, 11) is 0. The predicted octanol–water partition coefficient (Wildman–Crippen LogP) is -1.48. The first-order chi connectivity index (χ1) is 19.0. The Hall–Kier alpha value is -2.67. The summed E-state index contributed by atoms with van der Waals surface area (Å²) >= 11 is 0. The molecule has 11 nitrogen and oxygen atoms in total. The minimum atomic E-state index is -1.19. The molecule has 0 spiro atoms. The quantitative estimate of drug-likeness (QED) is 0.391. The van der Waals surface area contributed by atoms with Crippen LogP contribution < -0.4 is 34.7 Å².